The maximum Gasteiger partial charge on any atom is 0.262 e. The van der Waals surface area contributed by atoms with Gasteiger partial charge in [0.1, 0.15) is 0 Å². The number of nitrogens with zero attached hydrogens (tertiary/aromatic N) is 4. The molecule has 0 N–H and O–H groups in total. The van der Waals surface area contributed by atoms with E-state index in [2.05, 4.69) is 4.98 Å². The van der Waals surface area contributed by atoms with E-state index >= 15 is 0 Å². The van der Waals surface area contributed by atoms with Gasteiger partial charge in [-0.05, 0) is 43.5 Å². The van der Waals surface area contributed by atoms with E-state index in [4.69, 9.17) is 0 Å². The standard InChI is InChI=1S/C18H24N4O3S/c1-14-5-6-16(11-15(14)2)18(23)21-7-4-8-22(10-9-21)26(24,25)17-12-20(3)13-19-17/h5-6,11-13H,4,7-10H2,1-3H3. The van der Waals surface area contributed by atoms with Crippen LogP contribution in [-0.4, -0.2) is 59.3 Å². The Kier molecular flexibility index (Phi) is 5.15. The number of hydrogen-bond donors (Lipinski definition) is 0. The van der Waals surface area contributed by atoms with Crippen molar-refractivity contribution in [3.05, 3.63) is 47.4 Å². The highest BCUT2D eigenvalue weighted by Crippen LogP contribution is 2.18. The van der Waals surface area contributed by atoms with Crippen LogP contribution in [0.4, 0.5) is 0 Å². The molecule has 1 saturated heterocycles. The molecule has 0 radical (unpaired) electrons. The summed E-state index contributed by atoms with van der Waals surface area (Å²) in [5, 5.41) is 0.0499. The average molecular weight is 376 g/mol. The highest BCUT2D eigenvalue weighted by molar-refractivity contribution is 7.89. The van der Waals surface area contributed by atoms with Crippen LogP contribution in [0.15, 0.2) is 35.7 Å². The Labute approximate surface area is 154 Å². The average Bonchev–Trinajstić information content (AvgIpc) is 2.90. The van der Waals surface area contributed by atoms with Gasteiger partial charge in [-0.25, -0.2) is 13.4 Å². The fraction of sp³-hybridized carbons (Fsp3) is 0.444. The fourth-order valence-electron chi connectivity index (χ4n) is 3.05. The molecule has 3 rings (SSSR count). The molecule has 7 nitrogen and oxygen atoms in total. The predicted octanol–water partition coefficient (Wildman–Crippen LogP) is 1.57. The molecule has 8 heteroatoms. The number of sulfonamides is 1. The quantitative estimate of drug-likeness (QED) is 0.815. The molecule has 0 atom stereocenters. The number of rotatable bonds is 3. The summed E-state index contributed by atoms with van der Waals surface area (Å²) < 4.78 is 28.5. The highest BCUT2D eigenvalue weighted by Gasteiger charge is 2.30. The van der Waals surface area contributed by atoms with Gasteiger partial charge in [0.2, 0.25) is 0 Å². The van der Waals surface area contributed by atoms with Crippen LogP contribution in [0, 0.1) is 13.8 Å². The molecule has 0 spiro atoms. The smallest absolute Gasteiger partial charge is 0.262 e. The van der Waals surface area contributed by atoms with Crippen molar-refractivity contribution in [1.82, 2.24) is 18.8 Å². The van der Waals surface area contributed by atoms with Crippen LogP contribution < -0.4 is 0 Å². The first-order valence-electron chi connectivity index (χ1n) is 8.63. The van der Waals surface area contributed by atoms with E-state index in [-0.39, 0.29) is 17.5 Å². The largest absolute Gasteiger partial charge is 0.339 e. The third-order valence-electron chi connectivity index (χ3n) is 4.78. The summed E-state index contributed by atoms with van der Waals surface area (Å²) in [4.78, 5) is 18.5. The summed E-state index contributed by atoms with van der Waals surface area (Å²) in [6.07, 6.45) is 3.57. The van der Waals surface area contributed by atoms with Gasteiger partial charge in [0.15, 0.2) is 5.03 Å². The van der Waals surface area contributed by atoms with E-state index in [0.717, 1.165) is 11.1 Å². The van der Waals surface area contributed by atoms with Gasteiger partial charge in [0.25, 0.3) is 15.9 Å². The number of benzene rings is 1. The van der Waals surface area contributed by atoms with Gasteiger partial charge >= 0.3 is 0 Å². The van der Waals surface area contributed by atoms with E-state index in [1.807, 2.05) is 32.0 Å². The zero-order valence-electron chi connectivity index (χ0n) is 15.3. The minimum absolute atomic E-state index is 0.0499. The van der Waals surface area contributed by atoms with E-state index < -0.39 is 10.0 Å². The second kappa shape index (κ2) is 7.20. The number of imidazole rings is 1. The van der Waals surface area contributed by atoms with Crippen molar-refractivity contribution in [3.63, 3.8) is 0 Å². The summed E-state index contributed by atoms with van der Waals surface area (Å²) in [5.74, 6) is -0.0508. The molecule has 1 fully saturated rings. The van der Waals surface area contributed by atoms with Crippen LogP contribution in [0.1, 0.15) is 27.9 Å². The maximum absolute atomic E-state index is 12.8. The van der Waals surface area contributed by atoms with Gasteiger partial charge < -0.3 is 9.47 Å². The minimum Gasteiger partial charge on any atom is -0.339 e. The number of carbonyl (C=O) groups excluding carboxylic acids is 1. The number of amides is 1. The van der Waals surface area contributed by atoms with Gasteiger partial charge in [-0.3, -0.25) is 4.79 Å². The van der Waals surface area contributed by atoms with Gasteiger partial charge in [0, 0.05) is 45.0 Å². The lowest BCUT2D eigenvalue weighted by Crippen LogP contribution is -2.37. The van der Waals surface area contributed by atoms with Crippen LogP contribution in [0.3, 0.4) is 0 Å². The van der Waals surface area contributed by atoms with Crippen molar-refractivity contribution in [3.8, 4) is 0 Å². The van der Waals surface area contributed by atoms with E-state index in [9.17, 15) is 13.2 Å². The number of hydrogen-bond acceptors (Lipinski definition) is 4. The molecule has 2 aromatic rings. The summed E-state index contributed by atoms with van der Waals surface area (Å²) in [6.45, 7) is 5.56. The third kappa shape index (κ3) is 3.66. The lowest BCUT2D eigenvalue weighted by molar-refractivity contribution is 0.0764. The normalized spacial score (nSPS) is 16.5. The predicted molar refractivity (Wildman–Crippen MR) is 98.4 cm³/mol. The summed E-state index contributed by atoms with van der Waals surface area (Å²) in [7, 11) is -1.89. The van der Waals surface area contributed by atoms with Crippen LogP contribution in [0.2, 0.25) is 0 Å². The van der Waals surface area contributed by atoms with Crippen molar-refractivity contribution in [2.45, 2.75) is 25.3 Å². The monoisotopic (exact) mass is 376 g/mol. The first-order chi connectivity index (χ1) is 12.3. The van der Waals surface area contributed by atoms with E-state index in [1.54, 1.807) is 16.5 Å². The summed E-state index contributed by atoms with van der Waals surface area (Å²) in [6, 6.07) is 5.67. The minimum atomic E-state index is -3.63. The molecule has 1 aromatic carbocycles. The lowest BCUT2D eigenvalue weighted by atomic mass is 10.1. The van der Waals surface area contributed by atoms with Crippen molar-refractivity contribution in [2.24, 2.45) is 7.05 Å². The first kappa shape index (κ1) is 18.6. The zero-order chi connectivity index (χ0) is 18.9. The molecular weight excluding hydrogens is 352 g/mol. The second-order valence-electron chi connectivity index (χ2n) is 6.73. The molecule has 2 heterocycles. The molecule has 0 aliphatic carbocycles. The van der Waals surface area contributed by atoms with Gasteiger partial charge in [0.05, 0.1) is 6.33 Å². The highest BCUT2D eigenvalue weighted by atomic mass is 32.2. The molecule has 1 aliphatic rings. The van der Waals surface area contributed by atoms with Crippen molar-refractivity contribution >= 4 is 15.9 Å². The Bertz CT molecular complexity index is 920. The Balaban J connectivity index is 1.73. The molecule has 1 aromatic heterocycles. The molecule has 0 saturated carbocycles. The number of aromatic nitrogens is 2. The molecule has 26 heavy (non-hydrogen) atoms. The van der Waals surface area contributed by atoms with Crippen LogP contribution in [-0.2, 0) is 17.1 Å². The topological polar surface area (TPSA) is 75.5 Å². The molecular formula is C18H24N4O3S. The van der Waals surface area contributed by atoms with Crippen molar-refractivity contribution in [2.75, 3.05) is 26.2 Å². The number of carbonyl (C=O) groups is 1. The molecule has 1 amide bonds. The van der Waals surface area contributed by atoms with Crippen molar-refractivity contribution < 1.29 is 13.2 Å². The van der Waals surface area contributed by atoms with E-state index in [0.29, 0.717) is 31.6 Å². The van der Waals surface area contributed by atoms with Gasteiger partial charge in [-0.15, -0.1) is 0 Å². The Morgan fingerprint density at radius 2 is 1.85 bits per heavy atom. The van der Waals surface area contributed by atoms with Gasteiger partial charge in [-0.1, -0.05) is 6.07 Å². The first-order valence-corrected chi connectivity index (χ1v) is 10.1. The van der Waals surface area contributed by atoms with Crippen LogP contribution in [0.25, 0.3) is 0 Å². The molecule has 1 aliphatic heterocycles. The lowest BCUT2D eigenvalue weighted by Gasteiger charge is -2.21. The van der Waals surface area contributed by atoms with Crippen LogP contribution >= 0.6 is 0 Å². The van der Waals surface area contributed by atoms with E-state index in [1.165, 1.54) is 16.8 Å². The Hall–Kier alpha value is -2.19. The molecule has 0 unspecified atom stereocenters. The molecule has 0 bridgehead atoms. The third-order valence-corrected chi connectivity index (χ3v) is 6.57. The van der Waals surface area contributed by atoms with Gasteiger partial charge in [-0.2, -0.15) is 4.31 Å². The second-order valence-corrected chi connectivity index (χ2v) is 8.61. The summed E-state index contributed by atoms with van der Waals surface area (Å²) >= 11 is 0. The maximum atomic E-state index is 12.8. The molecule has 140 valence electrons. The summed E-state index contributed by atoms with van der Waals surface area (Å²) in [5.41, 5.74) is 2.87. The van der Waals surface area contributed by atoms with Crippen LogP contribution in [0.5, 0.6) is 0 Å². The van der Waals surface area contributed by atoms with Crippen molar-refractivity contribution in [1.29, 1.82) is 0 Å². The fourth-order valence-corrected chi connectivity index (χ4v) is 4.48. The SMILES string of the molecule is Cc1ccc(C(=O)N2CCCN(S(=O)(=O)c3cn(C)cn3)CC2)cc1C. The Morgan fingerprint density at radius 1 is 1.08 bits per heavy atom. The zero-order valence-corrected chi connectivity index (χ0v) is 16.2. The Morgan fingerprint density at radius 3 is 2.50 bits per heavy atom. The number of aryl methyl sites for hydroxylation is 3.